The van der Waals surface area contributed by atoms with Crippen LogP contribution in [0, 0.1) is 5.41 Å². The minimum Gasteiger partial charge on any atom is -0.370 e. The summed E-state index contributed by atoms with van der Waals surface area (Å²) in [5.41, 5.74) is 9.20. The van der Waals surface area contributed by atoms with E-state index in [1.54, 1.807) is 4.90 Å². The summed E-state index contributed by atoms with van der Waals surface area (Å²) < 4.78 is 40.8. The number of alkyl halides is 3. The number of benzene rings is 1. The van der Waals surface area contributed by atoms with Gasteiger partial charge >= 0.3 is 6.18 Å². The molecule has 0 unspecified atom stereocenters. The lowest BCUT2D eigenvalue weighted by Gasteiger charge is -2.34. The lowest BCUT2D eigenvalue weighted by atomic mass is 9.85. The van der Waals surface area contributed by atoms with E-state index in [9.17, 15) is 22.8 Å². The molecule has 0 radical (unpaired) electrons. The molecular formula is C18H22F3N5O2. The van der Waals surface area contributed by atoms with Crippen molar-refractivity contribution in [1.29, 1.82) is 5.41 Å². The van der Waals surface area contributed by atoms with E-state index in [2.05, 4.69) is 0 Å². The van der Waals surface area contributed by atoms with Gasteiger partial charge in [0.1, 0.15) is 0 Å². The van der Waals surface area contributed by atoms with Gasteiger partial charge in [-0.2, -0.15) is 13.2 Å². The van der Waals surface area contributed by atoms with Gasteiger partial charge in [0.25, 0.3) is 5.91 Å². The van der Waals surface area contributed by atoms with Crippen LogP contribution in [0.3, 0.4) is 0 Å². The molecule has 10 heteroatoms. The number of likely N-dealkylation sites (tertiary alicyclic amines) is 1. The Morgan fingerprint density at radius 1 is 1.21 bits per heavy atom. The summed E-state index contributed by atoms with van der Waals surface area (Å²) in [4.78, 5) is 25.8. The van der Waals surface area contributed by atoms with E-state index in [-0.39, 0.29) is 23.0 Å². The Hall–Kier alpha value is -2.62. The van der Waals surface area contributed by atoms with Gasteiger partial charge in [-0.1, -0.05) is 6.07 Å². The predicted molar refractivity (Wildman–Crippen MR) is 95.5 cm³/mol. The maximum absolute atomic E-state index is 13.6. The second kappa shape index (κ2) is 7.08. The van der Waals surface area contributed by atoms with Crippen molar-refractivity contribution in [1.82, 2.24) is 10.2 Å². The van der Waals surface area contributed by atoms with E-state index in [4.69, 9.17) is 16.9 Å². The van der Waals surface area contributed by atoms with Gasteiger partial charge < -0.3 is 16.4 Å². The normalized spacial score (nSPS) is 19.2. The van der Waals surface area contributed by atoms with Crippen LogP contribution in [0.5, 0.6) is 0 Å². The standard InChI is InChI=1S/C18H22F3N5O2/c19-18(20,21)13-9-11(14(27)25-16(22)23)1-2-12(13)10-3-7-26(8-4-10)15(28)17(24)5-6-17/h1-2,9-10H,3-8,24H2,(H4,22,23,25,27). The fourth-order valence-electron chi connectivity index (χ4n) is 3.55. The molecule has 1 saturated heterocycles. The summed E-state index contributed by atoms with van der Waals surface area (Å²) in [6, 6.07) is 3.37. The van der Waals surface area contributed by atoms with Crippen molar-refractivity contribution >= 4 is 17.8 Å². The SMILES string of the molecule is N=C(N)NC(=O)c1ccc(C2CCN(C(=O)C3(N)CC3)CC2)c(C(F)(F)F)c1. The van der Waals surface area contributed by atoms with E-state index < -0.39 is 29.1 Å². The number of hydrogen-bond donors (Lipinski definition) is 4. The second-order valence-corrected chi connectivity index (χ2v) is 7.39. The van der Waals surface area contributed by atoms with Crippen molar-refractivity contribution < 1.29 is 22.8 Å². The first-order chi connectivity index (χ1) is 13.0. The number of carbonyl (C=O) groups is 2. The van der Waals surface area contributed by atoms with Gasteiger partial charge in [0.05, 0.1) is 11.1 Å². The summed E-state index contributed by atoms with van der Waals surface area (Å²) in [5.74, 6) is -2.02. The fourth-order valence-corrected chi connectivity index (χ4v) is 3.55. The first kappa shape index (κ1) is 20.1. The van der Waals surface area contributed by atoms with Crippen molar-refractivity contribution in [3.63, 3.8) is 0 Å². The molecule has 1 aliphatic carbocycles. The third kappa shape index (κ3) is 4.11. The zero-order valence-corrected chi connectivity index (χ0v) is 15.1. The Bertz CT molecular complexity index is 812. The van der Waals surface area contributed by atoms with Crippen LogP contribution in [0.2, 0.25) is 0 Å². The van der Waals surface area contributed by atoms with Crippen molar-refractivity contribution in [2.45, 2.75) is 43.3 Å². The predicted octanol–water partition coefficient (Wildman–Crippen LogP) is 1.53. The molecular weight excluding hydrogens is 375 g/mol. The Morgan fingerprint density at radius 3 is 2.32 bits per heavy atom. The molecule has 1 aliphatic heterocycles. The van der Waals surface area contributed by atoms with Crippen molar-refractivity contribution in [2.24, 2.45) is 11.5 Å². The number of nitrogens with two attached hydrogens (primary N) is 2. The highest BCUT2D eigenvalue weighted by atomic mass is 19.4. The second-order valence-electron chi connectivity index (χ2n) is 7.39. The number of piperidine rings is 1. The Kier molecular flexibility index (Phi) is 5.09. The molecule has 1 saturated carbocycles. The molecule has 2 aliphatic rings. The molecule has 1 aromatic rings. The first-order valence-electron chi connectivity index (χ1n) is 8.96. The molecule has 0 spiro atoms. The largest absolute Gasteiger partial charge is 0.416 e. The summed E-state index contributed by atoms with van der Waals surface area (Å²) in [5, 5.41) is 9.01. The van der Waals surface area contributed by atoms with Gasteiger partial charge in [0.2, 0.25) is 5.91 Å². The zero-order valence-electron chi connectivity index (χ0n) is 15.1. The lowest BCUT2D eigenvalue weighted by Crippen LogP contribution is -2.48. The molecule has 3 rings (SSSR count). The van der Waals surface area contributed by atoms with Gasteiger partial charge in [-0.15, -0.1) is 0 Å². The fraction of sp³-hybridized carbons (Fsp3) is 0.500. The van der Waals surface area contributed by atoms with Gasteiger partial charge in [0.15, 0.2) is 5.96 Å². The van der Waals surface area contributed by atoms with Crippen molar-refractivity contribution in [3.05, 3.63) is 34.9 Å². The highest BCUT2D eigenvalue weighted by Gasteiger charge is 2.48. The number of amides is 2. The summed E-state index contributed by atoms with van der Waals surface area (Å²) in [7, 11) is 0. The Labute approximate surface area is 159 Å². The molecule has 2 amide bonds. The number of halogens is 3. The first-order valence-corrected chi connectivity index (χ1v) is 8.96. The molecule has 1 heterocycles. The van der Waals surface area contributed by atoms with Crippen LogP contribution in [-0.4, -0.2) is 41.3 Å². The zero-order chi connectivity index (χ0) is 20.7. The minimum absolute atomic E-state index is 0.104. The summed E-state index contributed by atoms with van der Waals surface area (Å²) in [6.45, 7) is 0.707. The molecule has 0 aromatic heterocycles. The van der Waals surface area contributed by atoms with Gasteiger partial charge in [0, 0.05) is 18.7 Å². The van der Waals surface area contributed by atoms with Crippen molar-refractivity contribution in [3.8, 4) is 0 Å². The van der Waals surface area contributed by atoms with Gasteiger partial charge in [-0.25, -0.2) is 0 Å². The van der Waals surface area contributed by atoms with E-state index in [1.165, 1.54) is 12.1 Å². The molecule has 1 aromatic carbocycles. The monoisotopic (exact) mass is 397 g/mol. The number of nitrogens with one attached hydrogen (secondary N) is 2. The summed E-state index contributed by atoms with van der Waals surface area (Å²) in [6.07, 6.45) is -2.56. The Balaban J connectivity index is 1.79. The van der Waals surface area contributed by atoms with Crippen LogP contribution < -0.4 is 16.8 Å². The topological polar surface area (TPSA) is 125 Å². The van der Waals surface area contributed by atoms with Crippen molar-refractivity contribution in [2.75, 3.05) is 13.1 Å². The minimum atomic E-state index is -4.63. The number of carbonyl (C=O) groups excluding carboxylic acids is 2. The maximum Gasteiger partial charge on any atom is 0.416 e. The van der Waals surface area contributed by atoms with Gasteiger partial charge in [-0.3, -0.25) is 20.3 Å². The lowest BCUT2D eigenvalue weighted by molar-refractivity contribution is -0.139. The van der Waals surface area contributed by atoms with E-state index in [0.29, 0.717) is 38.8 Å². The summed E-state index contributed by atoms with van der Waals surface area (Å²) >= 11 is 0. The van der Waals surface area contributed by atoms with Crippen LogP contribution in [0.1, 0.15) is 53.1 Å². The van der Waals surface area contributed by atoms with Gasteiger partial charge in [-0.05, 0) is 49.3 Å². The highest BCUT2D eigenvalue weighted by molar-refractivity contribution is 6.04. The number of hydrogen-bond acceptors (Lipinski definition) is 4. The third-order valence-electron chi connectivity index (χ3n) is 5.31. The smallest absolute Gasteiger partial charge is 0.370 e. The maximum atomic E-state index is 13.6. The molecule has 0 bridgehead atoms. The van der Waals surface area contributed by atoms with E-state index in [0.717, 1.165) is 6.07 Å². The number of guanidine groups is 1. The van der Waals surface area contributed by atoms with Crippen LogP contribution in [0.25, 0.3) is 0 Å². The molecule has 0 atom stereocenters. The quantitative estimate of drug-likeness (QED) is 0.456. The average Bonchev–Trinajstić information content (AvgIpc) is 3.38. The number of nitrogens with zero attached hydrogens (tertiary/aromatic N) is 1. The molecule has 6 N–H and O–H groups in total. The molecule has 2 fully saturated rings. The molecule has 7 nitrogen and oxygen atoms in total. The van der Waals surface area contributed by atoms with E-state index >= 15 is 0 Å². The molecule has 152 valence electrons. The van der Waals surface area contributed by atoms with Crippen LogP contribution >= 0.6 is 0 Å². The third-order valence-corrected chi connectivity index (χ3v) is 5.31. The average molecular weight is 397 g/mol. The number of rotatable bonds is 3. The van der Waals surface area contributed by atoms with Crippen LogP contribution in [0.4, 0.5) is 13.2 Å². The van der Waals surface area contributed by atoms with E-state index in [1.807, 2.05) is 5.32 Å². The Morgan fingerprint density at radius 2 is 1.82 bits per heavy atom. The highest BCUT2D eigenvalue weighted by Crippen LogP contribution is 2.40. The molecule has 28 heavy (non-hydrogen) atoms. The van der Waals surface area contributed by atoms with Crippen LogP contribution in [-0.2, 0) is 11.0 Å². The van der Waals surface area contributed by atoms with Crippen LogP contribution in [0.15, 0.2) is 18.2 Å².